The fourth-order valence-corrected chi connectivity index (χ4v) is 11.1. The number of hydrogen-bond acceptors (Lipinski definition) is 15. The monoisotopic (exact) mass is 1410 g/mol. The molecule has 0 aromatic carbocycles. The normalized spacial score (nSPS) is 14.7. The van der Waals surface area contributed by atoms with Gasteiger partial charge in [0, 0.05) is 19.3 Å². The van der Waals surface area contributed by atoms with Crippen LogP contribution in [-0.2, 0) is 65.4 Å². The highest BCUT2D eigenvalue weighted by Crippen LogP contribution is 2.45. The van der Waals surface area contributed by atoms with Gasteiger partial charge in [-0.15, -0.1) is 0 Å². The quantitative estimate of drug-likeness (QED) is 0.0169. The number of aliphatic hydroxyl groups excluding tert-OH is 1. The van der Waals surface area contributed by atoms with Crippen molar-refractivity contribution in [3.8, 4) is 0 Å². The van der Waals surface area contributed by atoms with Crippen LogP contribution in [0.2, 0.25) is 0 Å². The largest absolute Gasteiger partial charge is 0.472 e. The summed E-state index contributed by atoms with van der Waals surface area (Å²) >= 11 is 0. The Kier molecular flexibility index (Phi) is 67.2. The van der Waals surface area contributed by atoms with Crippen LogP contribution in [0.1, 0.15) is 285 Å². The minimum Gasteiger partial charge on any atom is -0.462 e. The van der Waals surface area contributed by atoms with Gasteiger partial charge < -0.3 is 33.8 Å². The van der Waals surface area contributed by atoms with Crippen molar-refractivity contribution < 1.29 is 80.2 Å². The number of rotatable bonds is 69. The van der Waals surface area contributed by atoms with Crippen LogP contribution in [0.3, 0.4) is 0 Å². The Bertz CT molecular complexity index is 2380. The van der Waals surface area contributed by atoms with Gasteiger partial charge in [-0.25, -0.2) is 9.13 Å². The van der Waals surface area contributed by atoms with E-state index in [1.807, 2.05) is 18.2 Å². The number of esters is 4. The van der Waals surface area contributed by atoms with Crippen LogP contribution in [0.25, 0.3) is 0 Å². The Morgan fingerprint density at radius 3 is 0.908 bits per heavy atom. The van der Waals surface area contributed by atoms with E-state index in [-0.39, 0.29) is 25.7 Å². The number of carbonyl (C=O) groups excluding carboxylic acids is 4. The van der Waals surface area contributed by atoms with Gasteiger partial charge in [0.05, 0.1) is 32.8 Å². The van der Waals surface area contributed by atoms with Gasteiger partial charge in [0.15, 0.2) is 12.2 Å². The van der Waals surface area contributed by atoms with Crippen LogP contribution >= 0.6 is 15.6 Å². The Balaban J connectivity index is 5.40. The fourth-order valence-electron chi connectivity index (χ4n) is 9.56. The van der Waals surface area contributed by atoms with Gasteiger partial charge >= 0.3 is 39.5 Å². The van der Waals surface area contributed by atoms with Gasteiger partial charge in [0.2, 0.25) is 0 Å². The van der Waals surface area contributed by atoms with Crippen molar-refractivity contribution >= 4 is 39.5 Å². The molecular formula is C79H132O17P2. The molecule has 0 amide bonds. The third kappa shape index (κ3) is 69.7. The molecule has 0 aliphatic rings. The van der Waals surface area contributed by atoms with E-state index in [9.17, 15) is 43.2 Å². The predicted molar refractivity (Wildman–Crippen MR) is 399 cm³/mol. The third-order valence-corrected chi connectivity index (χ3v) is 17.1. The first-order valence-corrected chi connectivity index (χ1v) is 40.4. The average Bonchev–Trinajstić information content (AvgIpc) is 0.982. The first-order valence-electron chi connectivity index (χ1n) is 37.4. The molecule has 0 spiro atoms. The van der Waals surface area contributed by atoms with Crippen LogP contribution in [-0.4, -0.2) is 96.7 Å². The van der Waals surface area contributed by atoms with Crippen LogP contribution < -0.4 is 0 Å². The fraction of sp³-hybridized carbons (Fsp3) is 0.671. The molecule has 5 unspecified atom stereocenters. The molecule has 0 saturated heterocycles. The number of phosphoric acid groups is 2. The number of ether oxygens (including phenoxy) is 4. The summed E-state index contributed by atoms with van der Waals surface area (Å²) in [7, 11) is -9.98. The molecule has 0 aromatic rings. The Labute approximate surface area is 593 Å². The number of aliphatic hydroxyl groups is 1. The molecule has 0 fully saturated rings. The zero-order chi connectivity index (χ0) is 71.8. The molecule has 5 atom stereocenters. The van der Waals surface area contributed by atoms with E-state index in [1.54, 1.807) is 6.08 Å². The highest BCUT2D eigenvalue weighted by molar-refractivity contribution is 7.47. The van der Waals surface area contributed by atoms with Crippen molar-refractivity contribution in [2.45, 2.75) is 303 Å². The molecule has 19 heteroatoms. The molecule has 17 nitrogen and oxygen atoms in total. The van der Waals surface area contributed by atoms with Crippen molar-refractivity contribution in [2.24, 2.45) is 0 Å². The first-order chi connectivity index (χ1) is 47.7. The summed E-state index contributed by atoms with van der Waals surface area (Å²) in [6, 6.07) is 0. The molecule has 0 aliphatic carbocycles. The summed E-state index contributed by atoms with van der Waals surface area (Å²) in [5.74, 6) is -2.35. The second kappa shape index (κ2) is 70.6. The minimum absolute atomic E-state index is 0.0531. The molecule has 0 bridgehead atoms. The lowest BCUT2D eigenvalue weighted by Gasteiger charge is -2.21. The van der Waals surface area contributed by atoms with Gasteiger partial charge in [-0.1, -0.05) is 277 Å². The number of unbranched alkanes of at least 4 members (excludes halogenated alkanes) is 22. The Hall–Kier alpha value is -4.80. The third-order valence-electron chi connectivity index (χ3n) is 15.2. The van der Waals surface area contributed by atoms with Gasteiger partial charge in [-0.05, 0) is 116 Å². The van der Waals surface area contributed by atoms with Gasteiger partial charge in [-0.3, -0.25) is 37.3 Å². The second-order valence-corrected chi connectivity index (χ2v) is 27.4. The van der Waals surface area contributed by atoms with Crippen LogP contribution in [0, 0.1) is 0 Å². The molecular weight excluding hydrogens is 1280 g/mol. The number of hydrogen-bond donors (Lipinski definition) is 3. The van der Waals surface area contributed by atoms with Crippen molar-refractivity contribution in [1.82, 2.24) is 0 Å². The van der Waals surface area contributed by atoms with E-state index in [4.69, 9.17) is 37.0 Å². The summed E-state index contributed by atoms with van der Waals surface area (Å²) in [4.78, 5) is 72.7. The van der Waals surface area contributed by atoms with Crippen LogP contribution in [0.4, 0.5) is 0 Å². The lowest BCUT2D eigenvalue weighted by atomic mass is 10.1. The average molecular weight is 1420 g/mol. The Morgan fingerprint density at radius 1 is 0.306 bits per heavy atom. The van der Waals surface area contributed by atoms with Crippen molar-refractivity contribution in [3.05, 3.63) is 134 Å². The van der Waals surface area contributed by atoms with Crippen LogP contribution in [0.15, 0.2) is 134 Å². The summed E-state index contributed by atoms with van der Waals surface area (Å²) in [6.07, 6.45) is 77.7. The highest BCUT2D eigenvalue weighted by Gasteiger charge is 2.30. The first kappa shape index (κ1) is 93.2. The highest BCUT2D eigenvalue weighted by atomic mass is 31.2. The predicted octanol–water partition coefficient (Wildman–Crippen LogP) is 21.3. The van der Waals surface area contributed by atoms with E-state index in [1.165, 1.54) is 38.5 Å². The van der Waals surface area contributed by atoms with Crippen molar-refractivity contribution in [2.75, 3.05) is 39.6 Å². The van der Waals surface area contributed by atoms with E-state index < -0.39 is 97.5 Å². The smallest absolute Gasteiger partial charge is 0.462 e. The topological polar surface area (TPSA) is 237 Å². The molecule has 0 aromatic heterocycles. The molecule has 0 saturated carbocycles. The summed E-state index contributed by atoms with van der Waals surface area (Å²) in [6.45, 7) is 4.38. The zero-order valence-corrected chi connectivity index (χ0v) is 62.7. The van der Waals surface area contributed by atoms with E-state index in [0.717, 1.165) is 167 Å². The van der Waals surface area contributed by atoms with Crippen molar-refractivity contribution in [3.63, 3.8) is 0 Å². The maximum atomic E-state index is 13.1. The number of phosphoric ester groups is 2. The van der Waals surface area contributed by atoms with Gasteiger partial charge in [0.1, 0.15) is 19.3 Å². The van der Waals surface area contributed by atoms with E-state index in [2.05, 4.69) is 137 Å². The number of carbonyl (C=O) groups is 4. The lowest BCUT2D eigenvalue weighted by molar-refractivity contribution is -0.161. The summed E-state index contributed by atoms with van der Waals surface area (Å²) in [5.41, 5.74) is 0. The summed E-state index contributed by atoms with van der Waals surface area (Å²) < 4.78 is 68.3. The standard InChI is InChI=1S/C79H132O17P2/c1-5-9-13-17-21-25-29-32-35-36-39-41-45-48-52-56-60-64-77(82)89-69-74(95-78(83)65-61-57-53-49-43-28-24-20-16-12-8-4)71-93-97(85,86)91-67-73(80)68-92-98(87,88)94-72-75(96-79(84)66-62-58-54-50-46-42-38-34-31-27-23-19-15-11-7-3)70-90-76(81)63-59-55-51-47-44-40-37-33-30-26-22-18-14-10-6-2/h9-11,13-15,21-23,25-27,32-35,37-38,44,47,55,59,73-75,80H,5-8,12,16-20,24,28-31,36,39-43,45-46,48-54,56-58,60-72H2,1-4H3,(H,85,86)(H,87,88)/b13-9-,14-10-,15-11-,25-21-,26-22-,27-23-,35-32-,37-33-,38-34-,47-44-,59-55-. The van der Waals surface area contributed by atoms with Gasteiger partial charge in [-0.2, -0.15) is 0 Å². The van der Waals surface area contributed by atoms with Gasteiger partial charge in [0.25, 0.3) is 0 Å². The molecule has 0 rings (SSSR count). The molecule has 0 heterocycles. The SMILES string of the molecule is CC/C=C\C/C=C\C/C=C\C/C=C\C/C=C\CC(=O)OCC(COP(=O)(O)OCC(O)COP(=O)(O)OCC(COC(=O)CCCCCCCCC/C=C\C/C=C\C/C=C\CC)OC(=O)CCCCCCCCCCCCC)OC(=O)CCCCCCC/C=C\C/C=C\C/C=C\CC. The van der Waals surface area contributed by atoms with E-state index in [0.29, 0.717) is 25.7 Å². The molecule has 3 N–H and O–H groups in total. The lowest BCUT2D eigenvalue weighted by Crippen LogP contribution is -2.30. The molecule has 98 heavy (non-hydrogen) atoms. The van der Waals surface area contributed by atoms with Crippen molar-refractivity contribution in [1.29, 1.82) is 0 Å². The maximum Gasteiger partial charge on any atom is 0.472 e. The second-order valence-electron chi connectivity index (χ2n) is 24.5. The van der Waals surface area contributed by atoms with Crippen LogP contribution in [0.5, 0.6) is 0 Å². The molecule has 560 valence electrons. The Morgan fingerprint density at radius 2 is 0.571 bits per heavy atom. The minimum atomic E-state index is -5.00. The molecule has 0 aliphatic heterocycles. The molecule has 0 radical (unpaired) electrons. The van der Waals surface area contributed by atoms with E-state index >= 15 is 0 Å². The maximum absolute atomic E-state index is 13.1. The number of allylic oxidation sites excluding steroid dienone is 21. The zero-order valence-electron chi connectivity index (χ0n) is 60.9. The summed E-state index contributed by atoms with van der Waals surface area (Å²) in [5, 5.41) is 10.6.